The highest BCUT2D eigenvalue weighted by molar-refractivity contribution is 6.31. The maximum absolute atomic E-state index is 13.7. The Morgan fingerprint density at radius 1 is 1.06 bits per heavy atom. The van der Waals surface area contributed by atoms with Crippen LogP contribution in [0.3, 0.4) is 0 Å². The summed E-state index contributed by atoms with van der Waals surface area (Å²) in [6.45, 7) is 3.62. The van der Waals surface area contributed by atoms with Gasteiger partial charge in [0.25, 0.3) is 0 Å². The zero-order valence-electron chi connectivity index (χ0n) is 10.1. The van der Waals surface area contributed by atoms with Crippen molar-refractivity contribution in [2.24, 2.45) is 0 Å². The predicted octanol–water partition coefficient (Wildman–Crippen LogP) is 4.33. The molecule has 3 heteroatoms. The Labute approximate surface area is 110 Å². The van der Waals surface area contributed by atoms with E-state index < -0.39 is 5.82 Å². The molecule has 92 valence electrons. The average Bonchev–Trinajstić information content (AvgIpc) is 2.34. The third kappa shape index (κ3) is 2.44. The van der Waals surface area contributed by atoms with Crippen LogP contribution in [0.25, 0.3) is 0 Å². The zero-order chi connectivity index (χ0) is 13.3. The van der Waals surface area contributed by atoms with Crippen molar-refractivity contribution in [2.45, 2.75) is 13.8 Å². The molecule has 0 aliphatic carbocycles. The number of carbonyl (C=O) groups excluding carboxylic acids is 1. The number of hydrogen-bond donors (Lipinski definition) is 0. The lowest BCUT2D eigenvalue weighted by atomic mass is 9.98. The molecule has 0 bridgehead atoms. The SMILES string of the molecule is Cc1ccc(F)c(C(=O)c2cc(Cl)ccc2C)c1. The van der Waals surface area contributed by atoms with E-state index in [1.807, 2.05) is 6.92 Å². The average molecular weight is 263 g/mol. The van der Waals surface area contributed by atoms with Gasteiger partial charge in [0.2, 0.25) is 0 Å². The molecule has 0 spiro atoms. The molecule has 0 saturated carbocycles. The molecular formula is C15H12ClFO. The second-order valence-corrected chi connectivity index (χ2v) is 4.71. The molecule has 2 rings (SSSR count). The van der Waals surface area contributed by atoms with Crippen LogP contribution < -0.4 is 0 Å². The van der Waals surface area contributed by atoms with Crippen molar-refractivity contribution in [3.8, 4) is 0 Å². The molecule has 0 radical (unpaired) electrons. The molecule has 2 aromatic rings. The van der Waals surface area contributed by atoms with Crippen LogP contribution in [0.4, 0.5) is 4.39 Å². The van der Waals surface area contributed by atoms with Gasteiger partial charge in [-0.2, -0.15) is 0 Å². The van der Waals surface area contributed by atoms with Crippen molar-refractivity contribution in [1.29, 1.82) is 0 Å². The standard InChI is InChI=1S/C15H12ClFO/c1-9-3-6-14(17)13(7-9)15(18)12-8-11(16)5-4-10(12)2/h3-8H,1-2H3. The highest BCUT2D eigenvalue weighted by atomic mass is 35.5. The molecule has 0 fully saturated rings. The van der Waals surface area contributed by atoms with Crippen molar-refractivity contribution in [3.63, 3.8) is 0 Å². The molecule has 18 heavy (non-hydrogen) atoms. The fourth-order valence-electron chi connectivity index (χ4n) is 1.80. The maximum Gasteiger partial charge on any atom is 0.196 e. The molecule has 0 unspecified atom stereocenters. The van der Waals surface area contributed by atoms with Gasteiger partial charge in [0.15, 0.2) is 5.78 Å². The molecule has 0 heterocycles. The van der Waals surface area contributed by atoms with Gasteiger partial charge in [0, 0.05) is 10.6 Å². The van der Waals surface area contributed by atoms with E-state index in [2.05, 4.69) is 0 Å². The quantitative estimate of drug-likeness (QED) is 0.737. The van der Waals surface area contributed by atoms with Crippen LogP contribution in [0, 0.1) is 19.7 Å². The summed E-state index contributed by atoms with van der Waals surface area (Å²) in [4.78, 5) is 12.3. The second-order valence-electron chi connectivity index (χ2n) is 4.27. The van der Waals surface area contributed by atoms with Crippen LogP contribution in [0.15, 0.2) is 36.4 Å². The van der Waals surface area contributed by atoms with Gasteiger partial charge in [0.05, 0.1) is 5.56 Å². The second kappa shape index (κ2) is 4.91. The molecule has 0 amide bonds. The highest BCUT2D eigenvalue weighted by Gasteiger charge is 2.16. The van der Waals surface area contributed by atoms with Crippen molar-refractivity contribution in [1.82, 2.24) is 0 Å². The van der Waals surface area contributed by atoms with Crippen molar-refractivity contribution in [3.05, 3.63) is 69.5 Å². The van der Waals surface area contributed by atoms with Crippen LogP contribution in [0.5, 0.6) is 0 Å². The van der Waals surface area contributed by atoms with Crippen LogP contribution in [0.1, 0.15) is 27.0 Å². The van der Waals surface area contributed by atoms with Gasteiger partial charge in [-0.05, 0) is 43.7 Å². The summed E-state index contributed by atoms with van der Waals surface area (Å²) >= 11 is 5.87. The molecule has 0 aliphatic rings. The van der Waals surface area contributed by atoms with Crippen molar-refractivity contribution < 1.29 is 9.18 Å². The molecule has 0 N–H and O–H groups in total. The van der Waals surface area contributed by atoms with Crippen molar-refractivity contribution in [2.75, 3.05) is 0 Å². The largest absolute Gasteiger partial charge is 0.288 e. The number of rotatable bonds is 2. The first-order valence-corrected chi connectivity index (χ1v) is 5.94. The Kier molecular flexibility index (Phi) is 3.48. The van der Waals surface area contributed by atoms with E-state index in [0.29, 0.717) is 10.6 Å². The van der Waals surface area contributed by atoms with Crippen molar-refractivity contribution >= 4 is 17.4 Å². The number of carbonyl (C=O) groups is 1. The first kappa shape index (κ1) is 12.8. The minimum atomic E-state index is -0.509. The number of ketones is 1. The molecular weight excluding hydrogens is 251 g/mol. The third-order valence-corrected chi connectivity index (χ3v) is 3.05. The minimum absolute atomic E-state index is 0.0837. The lowest BCUT2D eigenvalue weighted by Gasteiger charge is -2.07. The Morgan fingerprint density at radius 3 is 2.50 bits per heavy atom. The Bertz CT molecular complexity index is 566. The predicted molar refractivity (Wildman–Crippen MR) is 70.8 cm³/mol. The summed E-state index contributed by atoms with van der Waals surface area (Å²) < 4.78 is 13.7. The van der Waals surface area contributed by atoms with E-state index in [4.69, 9.17) is 11.6 Å². The fourth-order valence-corrected chi connectivity index (χ4v) is 1.97. The van der Waals surface area contributed by atoms with E-state index in [9.17, 15) is 9.18 Å². The fraction of sp³-hybridized carbons (Fsp3) is 0.133. The lowest BCUT2D eigenvalue weighted by Crippen LogP contribution is -2.06. The number of benzene rings is 2. The highest BCUT2D eigenvalue weighted by Crippen LogP contribution is 2.21. The molecule has 0 aromatic heterocycles. The van der Waals surface area contributed by atoms with E-state index in [1.165, 1.54) is 6.07 Å². The Hall–Kier alpha value is -1.67. The smallest absolute Gasteiger partial charge is 0.196 e. The summed E-state index contributed by atoms with van der Waals surface area (Å²) in [6.07, 6.45) is 0. The number of hydrogen-bond acceptors (Lipinski definition) is 1. The van der Waals surface area contributed by atoms with Gasteiger partial charge in [0.1, 0.15) is 5.82 Å². The number of halogens is 2. The number of aryl methyl sites for hydroxylation is 2. The summed E-state index contributed by atoms with van der Waals surface area (Å²) in [6, 6.07) is 9.53. The van der Waals surface area contributed by atoms with Gasteiger partial charge in [-0.15, -0.1) is 0 Å². The molecule has 2 aromatic carbocycles. The lowest BCUT2D eigenvalue weighted by molar-refractivity contribution is 0.103. The maximum atomic E-state index is 13.7. The van der Waals surface area contributed by atoms with Crippen LogP contribution >= 0.6 is 11.6 Å². The molecule has 0 atom stereocenters. The van der Waals surface area contributed by atoms with E-state index in [-0.39, 0.29) is 11.3 Å². The van der Waals surface area contributed by atoms with Gasteiger partial charge in [-0.3, -0.25) is 4.79 Å². The van der Waals surface area contributed by atoms with Gasteiger partial charge in [-0.25, -0.2) is 4.39 Å². The third-order valence-electron chi connectivity index (χ3n) is 2.81. The van der Waals surface area contributed by atoms with Crippen LogP contribution in [0.2, 0.25) is 5.02 Å². The Balaban J connectivity index is 2.54. The normalized spacial score (nSPS) is 10.4. The summed E-state index contributed by atoms with van der Waals surface area (Å²) in [5.74, 6) is -0.846. The summed E-state index contributed by atoms with van der Waals surface area (Å²) in [5.41, 5.74) is 2.15. The minimum Gasteiger partial charge on any atom is -0.288 e. The van der Waals surface area contributed by atoms with Crippen LogP contribution in [-0.2, 0) is 0 Å². The zero-order valence-corrected chi connectivity index (χ0v) is 10.9. The Morgan fingerprint density at radius 2 is 1.78 bits per heavy atom. The van der Waals surface area contributed by atoms with E-state index in [0.717, 1.165) is 11.1 Å². The summed E-state index contributed by atoms with van der Waals surface area (Å²) in [5, 5.41) is 0.469. The van der Waals surface area contributed by atoms with E-state index in [1.54, 1.807) is 37.3 Å². The van der Waals surface area contributed by atoms with Crippen LogP contribution in [-0.4, -0.2) is 5.78 Å². The topological polar surface area (TPSA) is 17.1 Å². The molecule has 1 nitrogen and oxygen atoms in total. The van der Waals surface area contributed by atoms with Gasteiger partial charge < -0.3 is 0 Å². The first-order valence-electron chi connectivity index (χ1n) is 5.56. The first-order chi connectivity index (χ1) is 8.49. The molecule has 0 aliphatic heterocycles. The van der Waals surface area contributed by atoms with Gasteiger partial charge in [-0.1, -0.05) is 29.3 Å². The van der Waals surface area contributed by atoms with E-state index >= 15 is 0 Å². The molecule has 0 saturated heterocycles. The van der Waals surface area contributed by atoms with Gasteiger partial charge >= 0.3 is 0 Å². The summed E-state index contributed by atoms with van der Waals surface area (Å²) in [7, 11) is 0. The monoisotopic (exact) mass is 262 g/mol.